The third kappa shape index (κ3) is 4.95. The van der Waals surface area contributed by atoms with Crippen LogP contribution < -0.4 is 0 Å². The number of carbonyl (C=O) groups is 1. The topological polar surface area (TPSA) is 44.8 Å². The predicted octanol–water partition coefficient (Wildman–Crippen LogP) is 4.02. The molecule has 130 valence electrons. The molecule has 0 unspecified atom stereocenters. The third-order valence-electron chi connectivity index (χ3n) is 4.18. The first-order valence-corrected chi connectivity index (χ1v) is 8.38. The average Bonchev–Trinajstić information content (AvgIpc) is 2.36. The molecule has 0 aromatic carbocycles. The first-order chi connectivity index (χ1) is 9.85. The van der Waals surface area contributed by atoms with Crippen molar-refractivity contribution in [3.05, 3.63) is 0 Å². The predicted molar refractivity (Wildman–Crippen MR) is 87.4 cm³/mol. The highest BCUT2D eigenvalue weighted by Gasteiger charge is 2.44. The first kappa shape index (κ1) is 19.4. The maximum absolute atomic E-state index is 11.9. The maximum Gasteiger partial charge on any atom is 0.311 e. The van der Waals surface area contributed by atoms with Crippen LogP contribution >= 0.6 is 0 Å². The van der Waals surface area contributed by atoms with E-state index in [-0.39, 0.29) is 30.0 Å². The van der Waals surface area contributed by atoms with Gasteiger partial charge in [-0.3, -0.25) is 4.79 Å². The van der Waals surface area contributed by atoms with Gasteiger partial charge in [0.15, 0.2) is 5.79 Å². The summed E-state index contributed by atoms with van der Waals surface area (Å²) in [5.74, 6) is 0.0415. The van der Waals surface area contributed by atoms with Gasteiger partial charge in [-0.05, 0) is 40.5 Å². The Labute approximate surface area is 135 Å². The number of hydrogen-bond acceptors (Lipinski definition) is 4. The Balaban J connectivity index is 2.74. The lowest BCUT2D eigenvalue weighted by molar-refractivity contribution is -0.334. The summed E-state index contributed by atoms with van der Waals surface area (Å²) < 4.78 is 17.7. The standard InChI is InChI=1S/C18H34O4/c1-11(2)14-13(4)15(22-18(8,9)21-14)12(3)10-20-16(19)17(5,6)7/h11-15H,10H2,1-9H3/t12-,13-,14+,15-/m1/s1. The van der Waals surface area contributed by atoms with E-state index in [1.54, 1.807) is 0 Å². The molecular formula is C18H34O4. The van der Waals surface area contributed by atoms with Gasteiger partial charge in [-0.15, -0.1) is 0 Å². The molecule has 1 fully saturated rings. The van der Waals surface area contributed by atoms with E-state index in [4.69, 9.17) is 14.2 Å². The summed E-state index contributed by atoms with van der Waals surface area (Å²) in [6, 6.07) is 0. The lowest BCUT2D eigenvalue weighted by atomic mass is 9.83. The molecule has 0 N–H and O–H groups in total. The Kier molecular flexibility index (Phi) is 6.07. The average molecular weight is 314 g/mol. The van der Waals surface area contributed by atoms with Crippen LogP contribution in [-0.2, 0) is 19.0 Å². The second-order valence-electron chi connectivity index (χ2n) is 8.49. The van der Waals surface area contributed by atoms with Gasteiger partial charge >= 0.3 is 5.97 Å². The molecule has 1 saturated heterocycles. The van der Waals surface area contributed by atoms with Crippen molar-refractivity contribution in [2.45, 2.75) is 80.3 Å². The minimum Gasteiger partial charge on any atom is -0.465 e. The van der Waals surface area contributed by atoms with Crippen molar-refractivity contribution in [1.82, 2.24) is 0 Å². The molecule has 0 aromatic heterocycles. The summed E-state index contributed by atoms with van der Waals surface area (Å²) in [6.45, 7) is 18.5. The molecule has 1 rings (SSSR count). The van der Waals surface area contributed by atoms with E-state index >= 15 is 0 Å². The first-order valence-electron chi connectivity index (χ1n) is 8.38. The maximum atomic E-state index is 11.9. The lowest BCUT2D eigenvalue weighted by Gasteiger charge is -2.48. The molecule has 4 nitrogen and oxygen atoms in total. The van der Waals surface area contributed by atoms with Crippen molar-refractivity contribution in [2.75, 3.05) is 6.61 Å². The van der Waals surface area contributed by atoms with Crippen LogP contribution in [0.4, 0.5) is 0 Å². The molecule has 0 radical (unpaired) electrons. The second kappa shape index (κ2) is 6.88. The van der Waals surface area contributed by atoms with Crippen LogP contribution in [0.5, 0.6) is 0 Å². The van der Waals surface area contributed by atoms with Gasteiger partial charge in [-0.1, -0.05) is 27.7 Å². The van der Waals surface area contributed by atoms with Gasteiger partial charge in [0.2, 0.25) is 0 Å². The number of carbonyl (C=O) groups excluding carboxylic acids is 1. The van der Waals surface area contributed by atoms with Gasteiger partial charge < -0.3 is 14.2 Å². The van der Waals surface area contributed by atoms with Crippen LogP contribution in [0, 0.1) is 23.2 Å². The van der Waals surface area contributed by atoms with Crippen LogP contribution in [0.3, 0.4) is 0 Å². The molecular weight excluding hydrogens is 280 g/mol. The number of hydrogen-bond donors (Lipinski definition) is 0. The zero-order chi connectivity index (χ0) is 17.3. The van der Waals surface area contributed by atoms with Crippen molar-refractivity contribution < 1.29 is 19.0 Å². The van der Waals surface area contributed by atoms with Gasteiger partial charge in [0.1, 0.15) is 0 Å². The van der Waals surface area contributed by atoms with Gasteiger partial charge in [0.05, 0.1) is 24.2 Å². The minimum atomic E-state index is -0.603. The fourth-order valence-corrected chi connectivity index (χ4v) is 2.98. The van der Waals surface area contributed by atoms with Crippen molar-refractivity contribution in [3.8, 4) is 0 Å². The molecule has 0 amide bonds. The monoisotopic (exact) mass is 314 g/mol. The molecule has 1 aliphatic rings. The Morgan fingerprint density at radius 3 is 2.09 bits per heavy atom. The highest BCUT2D eigenvalue weighted by atomic mass is 16.7. The fraction of sp³-hybridized carbons (Fsp3) is 0.944. The Hall–Kier alpha value is -0.610. The zero-order valence-corrected chi connectivity index (χ0v) is 15.7. The van der Waals surface area contributed by atoms with Gasteiger partial charge in [-0.25, -0.2) is 0 Å². The van der Waals surface area contributed by atoms with Crippen LogP contribution in [0.15, 0.2) is 0 Å². The fourth-order valence-electron chi connectivity index (χ4n) is 2.98. The van der Waals surface area contributed by atoms with Crippen molar-refractivity contribution >= 4 is 5.97 Å². The molecule has 0 aliphatic carbocycles. The summed E-state index contributed by atoms with van der Waals surface area (Å²) in [6.07, 6.45) is 0.165. The summed E-state index contributed by atoms with van der Waals surface area (Å²) in [7, 11) is 0. The number of ether oxygens (including phenoxy) is 3. The largest absolute Gasteiger partial charge is 0.465 e. The van der Waals surface area contributed by atoms with Crippen LogP contribution in [0.2, 0.25) is 0 Å². The number of rotatable bonds is 4. The molecule has 0 bridgehead atoms. The van der Waals surface area contributed by atoms with E-state index in [0.717, 1.165) is 0 Å². The third-order valence-corrected chi connectivity index (χ3v) is 4.18. The highest BCUT2D eigenvalue weighted by Crippen LogP contribution is 2.37. The van der Waals surface area contributed by atoms with Crippen molar-refractivity contribution in [1.29, 1.82) is 0 Å². The molecule has 4 heteroatoms. The summed E-state index contributed by atoms with van der Waals surface area (Å²) in [4.78, 5) is 11.9. The quantitative estimate of drug-likeness (QED) is 0.735. The summed E-state index contributed by atoms with van der Waals surface area (Å²) >= 11 is 0. The van der Waals surface area contributed by atoms with E-state index in [2.05, 4.69) is 27.7 Å². The Bertz CT molecular complexity index is 381. The van der Waals surface area contributed by atoms with Gasteiger partial charge in [-0.2, -0.15) is 0 Å². The Morgan fingerprint density at radius 1 is 1.14 bits per heavy atom. The molecule has 0 saturated carbocycles. The molecule has 1 aliphatic heterocycles. The smallest absolute Gasteiger partial charge is 0.311 e. The minimum absolute atomic E-state index is 0.0175. The van der Waals surface area contributed by atoms with E-state index in [0.29, 0.717) is 12.5 Å². The zero-order valence-electron chi connectivity index (χ0n) is 15.7. The highest BCUT2D eigenvalue weighted by molar-refractivity contribution is 5.75. The molecule has 0 aromatic rings. The van der Waals surface area contributed by atoms with Crippen LogP contribution in [-0.4, -0.2) is 30.6 Å². The molecule has 1 heterocycles. The molecule has 0 spiro atoms. The van der Waals surface area contributed by atoms with E-state index in [9.17, 15) is 4.79 Å². The van der Waals surface area contributed by atoms with Crippen molar-refractivity contribution in [3.63, 3.8) is 0 Å². The lowest BCUT2D eigenvalue weighted by Crippen LogP contribution is -2.54. The second-order valence-corrected chi connectivity index (χ2v) is 8.49. The van der Waals surface area contributed by atoms with E-state index in [1.165, 1.54) is 0 Å². The van der Waals surface area contributed by atoms with Crippen LogP contribution in [0.25, 0.3) is 0 Å². The SMILES string of the molecule is CC(C)[C@@H]1OC(C)(C)O[C@H]([C@H](C)COC(=O)C(C)(C)C)[C@@H]1C. The normalized spacial score (nSPS) is 30.2. The molecule has 22 heavy (non-hydrogen) atoms. The van der Waals surface area contributed by atoms with E-state index < -0.39 is 11.2 Å². The van der Waals surface area contributed by atoms with Crippen LogP contribution in [0.1, 0.15) is 62.3 Å². The summed E-state index contributed by atoms with van der Waals surface area (Å²) in [5, 5.41) is 0. The van der Waals surface area contributed by atoms with Gasteiger partial charge in [0.25, 0.3) is 0 Å². The van der Waals surface area contributed by atoms with Crippen molar-refractivity contribution in [2.24, 2.45) is 23.2 Å². The Morgan fingerprint density at radius 2 is 1.64 bits per heavy atom. The van der Waals surface area contributed by atoms with Gasteiger partial charge in [0, 0.05) is 11.8 Å². The number of esters is 1. The molecule has 4 atom stereocenters. The summed E-state index contributed by atoms with van der Waals surface area (Å²) in [5.41, 5.74) is -0.471. The van der Waals surface area contributed by atoms with E-state index in [1.807, 2.05) is 34.6 Å².